The Morgan fingerprint density at radius 1 is 1.04 bits per heavy atom. The lowest BCUT2D eigenvalue weighted by Gasteiger charge is -2.10. The molecule has 0 spiro atoms. The van der Waals surface area contributed by atoms with E-state index in [1.807, 2.05) is 42.5 Å². The van der Waals surface area contributed by atoms with Crippen LogP contribution in [0.15, 0.2) is 48.5 Å². The third-order valence-electron chi connectivity index (χ3n) is 3.95. The van der Waals surface area contributed by atoms with Crippen molar-refractivity contribution in [1.82, 2.24) is 5.32 Å². The van der Waals surface area contributed by atoms with E-state index in [4.69, 9.17) is 14.2 Å². The maximum absolute atomic E-state index is 12.0. The molecule has 0 fully saturated rings. The maximum Gasteiger partial charge on any atom is 0.244 e. The fourth-order valence-corrected chi connectivity index (χ4v) is 2.47. The van der Waals surface area contributed by atoms with Gasteiger partial charge in [0.25, 0.3) is 0 Å². The van der Waals surface area contributed by atoms with E-state index in [2.05, 4.69) is 12.2 Å². The number of methoxy groups -OCH3 is 2. The molecule has 0 radical (unpaired) electrons. The first-order valence-electron chi connectivity index (χ1n) is 9.06. The second-order valence-corrected chi connectivity index (χ2v) is 5.98. The van der Waals surface area contributed by atoms with Crippen molar-refractivity contribution in [2.45, 2.75) is 19.8 Å². The summed E-state index contributed by atoms with van der Waals surface area (Å²) in [6.45, 7) is 3.27. The van der Waals surface area contributed by atoms with Gasteiger partial charge in [0, 0.05) is 12.6 Å². The molecule has 0 heterocycles. The molecule has 2 rings (SSSR count). The first-order chi connectivity index (χ1) is 13.2. The molecule has 5 nitrogen and oxygen atoms in total. The minimum Gasteiger partial charge on any atom is -0.497 e. The Morgan fingerprint density at radius 3 is 2.48 bits per heavy atom. The van der Waals surface area contributed by atoms with E-state index in [0.29, 0.717) is 24.7 Å². The van der Waals surface area contributed by atoms with Gasteiger partial charge < -0.3 is 19.5 Å². The van der Waals surface area contributed by atoms with Crippen LogP contribution in [0, 0.1) is 0 Å². The van der Waals surface area contributed by atoms with Crippen LogP contribution in [0.25, 0.3) is 6.08 Å². The van der Waals surface area contributed by atoms with Crippen LogP contribution in [-0.2, 0) is 11.2 Å². The quantitative estimate of drug-likeness (QED) is 0.646. The molecule has 0 unspecified atom stereocenters. The molecule has 0 aliphatic heterocycles. The highest BCUT2D eigenvalue weighted by atomic mass is 16.5. The zero-order valence-electron chi connectivity index (χ0n) is 16.2. The van der Waals surface area contributed by atoms with Gasteiger partial charge in [0.2, 0.25) is 5.91 Å². The lowest BCUT2D eigenvalue weighted by Crippen LogP contribution is -2.23. The van der Waals surface area contributed by atoms with Gasteiger partial charge in [-0.15, -0.1) is 0 Å². The van der Waals surface area contributed by atoms with Crippen LogP contribution >= 0.6 is 0 Å². The van der Waals surface area contributed by atoms with Crippen LogP contribution in [0.4, 0.5) is 0 Å². The maximum atomic E-state index is 12.0. The molecule has 5 heteroatoms. The van der Waals surface area contributed by atoms with Crippen LogP contribution in [0.5, 0.6) is 17.2 Å². The average molecular weight is 369 g/mol. The molecule has 2 aromatic carbocycles. The molecule has 0 aliphatic carbocycles. The van der Waals surface area contributed by atoms with Crippen LogP contribution in [0.2, 0.25) is 0 Å². The van der Waals surface area contributed by atoms with Crippen molar-refractivity contribution < 1.29 is 19.0 Å². The Labute approximate surface area is 161 Å². The molecule has 0 bridgehead atoms. The topological polar surface area (TPSA) is 56.8 Å². The van der Waals surface area contributed by atoms with Crippen molar-refractivity contribution in [3.8, 4) is 17.2 Å². The van der Waals surface area contributed by atoms with Gasteiger partial charge in [-0.25, -0.2) is 0 Å². The summed E-state index contributed by atoms with van der Waals surface area (Å²) < 4.78 is 16.1. The van der Waals surface area contributed by atoms with Crippen LogP contribution in [-0.4, -0.2) is 33.3 Å². The fourth-order valence-electron chi connectivity index (χ4n) is 2.47. The number of carbonyl (C=O) groups is 1. The van der Waals surface area contributed by atoms with E-state index < -0.39 is 0 Å². The Bertz CT molecular complexity index is 753. The first kappa shape index (κ1) is 20.4. The van der Waals surface area contributed by atoms with Gasteiger partial charge >= 0.3 is 0 Å². The molecular weight excluding hydrogens is 342 g/mol. The normalized spacial score (nSPS) is 10.6. The minimum atomic E-state index is -0.131. The number of hydrogen-bond acceptors (Lipinski definition) is 4. The van der Waals surface area contributed by atoms with Crippen molar-refractivity contribution in [3.05, 3.63) is 59.7 Å². The highest BCUT2D eigenvalue weighted by Crippen LogP contribution is 2.28. The van der Waals surface area contributed by atoms with E-state index in [1.54, 1.807) is 20.3 Å². The lowest BCUT2D eigenvalue weighted by molar-refractivity contribution is -0.116. The number of amides is 1. The van der Waals surface area contributed by atoms with Gasteiger partial charge in [-0.3, -0.25) is 4.79 Å². The van der Waals surface area contributed by atoms with E-state index >= 15 is 0 Å². The molecule has 0 aromatic heterocycles. The lowest BCUT2D eigenvalue weighted by atomic mass is 10.1. The number of rotatable bonds is 10. The van der Waals surface area contributed by atoms with Crippen molar-refractivity contribution in [2.24, 2.45) is 0 Å². The molecule has 1 amide bonds. The average Bonchev–Trinajstić information content (AvgIpc) is 2.71. The molecule has 2 aromatic rings. The monoisotopic (exact) mass is 369 g/mol. The summed E-state index contributed by atoms with van der Waals surface area (Å²) in [6, 6.07) is 13.4. The smallest absolute Gasteiger partial charge is 0.244 e. The predicted octanol–water partition coefficient (Wildman–Crippen LogP) is 3.86. The van der Waals surface area contributed by atoms with Crippen LogP contribution in [0.1, 0.15) is 24.5 Å². The molecule has 0 saturated carbocycles. The van der Waals surface area contributed by atoms with Crippen LogP contribution in [0.3, 0.4) is 0 Å². The largest absolute Gasteiger partial charge is 0.497 e. The molecule has 144 valence electrons. The number of hydrogen-bond donors (Lipinski definition) is 1. The zero-order chi connectivity index (χ0) is 19.5. The van der Waals surface area contributed by atoms with E-state index in [-0.39, 0.29) is 5.91 Å². The number of nitrogens with one attached hydrogen (secondary N) is 1. The third-order valence-corrected chi connectivity index (χ3v) is 3.95. The van der Waals surface area contributed by atoms with E-state index in [9.17, 15) is 4.79 Å². The summed E-state index contributed by atoms with van der Waals surface area (Å²) in [5.74, 6) is 2.06. The second kappa shape index (κ2) is 10.9. The summed E-state index contributed by atoms with van der Waals surface area (Å²) in [7, 11) is 3.25. The van der Waals surface area contributed by atoms with Gasteiger partial charge in [0.15, 0.2) is 11.5 Å². The van der Waals surface area contributed by atoms with E-state index in [0.717, 1.165) is 29.7 Å². The van der Waals surface area contributed by atoms with Crippen molar-refractivity contribution in [2.75, 3.05) is 27.4 Å². The van der Waals surface area contributed by atoms with Gasteiger partial charge in [-0.2, -0.15) is 0 Å². The zero-order valence-corrected chi connectivity index (χ0v) is 16.2. The van der Waals surface area contributed by atoms with Gasteiger partial charge in [-0.1, -0.05) is 25.1 Å². The van der Waals surface area contributed by atoms with Gasteiger partial charge in [-0.05, 0) is 54.3 Å². The predicted molar refractivity (Wildman–Crippen MR) is 108 cm³/mol. The summed E-state index contributed by atoms with van der Waals surface area (Å²) >= 11 is 0. The second-order valence-electron chi connectivity index (χ2n) is 5.98. The summed E-state index contributed by atoms with van der Waals surface area (Å²) in [4.78, 5) is 12.0. The van der Waals surface area contributed by atoms with Gasteiger partial charge in [0.05, 0.1) is 20.8 Å². The van der Waals surface area contributed by atoms with E-state index in [1.165, 1.54) is 6.08 Å². The van der Waals surface area contributed by atoms with Crippen molar-refractivity contribution >= 4 is 12.0 Å². The summed E-state index contributed by atoms with van der Waals surface area (Å²) in [6.07, 6.45) is 4.98. The number of carbonyl (C=O) groups excluding carboxylic acids is 1. The highest BCUT2D eigenvalue weighted by molar-refractivity contribution is 5.91. The molecule has 1 N–H and O–H groups in total. The molecule has 0 saturated heterocycles. The van der Waals surface area contributed by atoms with Gasteiger partial charge in [0.1, 0.15) is 5.75 Å². The number of benzene rings is 2. The Morgan fingerprint density at radius 2 is 1.81 bits per heavy atom. The SMILES string of the molecule is CCCOc1ccc(C=CC(=O)NCCc2ccc(OC)cc2)cc1OC. The number of ether oxygens (including phenoxy) is 3. The fraction of sp³-hybridized carbons (Fsp3) is 0.318. The summed E-state index contributed by atoms with van der Waals surface area (Å²) in [5, 5.41) is 2.88. The highest BCUT2D eigenvalue weighted by Gasteiger charge is 2.04. The third kappa shape index (κ3) is 6.70. The minimum absolute atomic E-state index is 0.131. The van der Waals surface area contributed by atoms with Crippen LogP contribution < -0.4 is 19.5 Å². The molecular formula is C22H27NO4. The van der Waals surface area contributed by atoms with Crippen molar-refractivity contribution in [1.29, 1.82) is 0 Å². The Hall–Kier alpha value is -2.95. The van der Waals surface area contributed by atoms with Crippen molar-refractivity contribution in [3.63, 3.8) is 0 Å². The Balaban J connectivity index is 1.84. The Kier molecular flexibility index (Phi) is 8.23. The molecule has 0 aliphatic rings. The molecule has 27 heavy (non-hydrogen) atoms. The standard InChI is InChI=1S/C22H27NO4/c1-4-15-27-20-11-7-18(16-21(20)26-3)8-12-22(24)23-14-13-17-5-9-19(25-2)10-6-17/h5-12,16H,4,13-15H2,1-3H3,(H,23,24). The molecule has 0 atom stereocenters. The summed E-state index contributed by atoms with van der Waals surface area (Å²) in [5.41, 5.74) is 2.02. The first-order valence-corrected chi connectivity index (χ1v) is 9.06.